The summed E-state index contributed by atoms with van der Waals surface area (Å²) in [6.07, 6.45) is 3.31. The molecule has 7 nitrogen and oxygen atoms in total. The van der Waals surface area contributed by atoms with Gasteiger partial charge >= 0.3 is 0 Å². The van der Waals surface area contributed by atoms with Crippen molar-refractivity contribution in [3.63, 3.8) is 0 Å². The molecule has 1 aliphatic carbocycles. The Morgan fingerprint density at radius 1 is 0.946 bits per heavy atom. The molecule has 0 fully saturated rings. The van der Waals surface area contributed by atoms with Gasteiger partial charge in [-0.2, -0.15) is 0 Å². The zero-order valence-electron chi connectivity index (χ0n) is 20.2. The van der Waals surface area contributed by atoms with Gasteiger partial charge in [-0.1, -0.05) is 48.0 Å². The largest absolute Gasteiger partial charge is 0.439 e. The number of nitrogens with one attached hydrogen (secondary N) is 2. The molecule has 0 atom stereocenters. The Labute approximate surface area is 219 Å². The molecule has 0 aliphatic heterocycles. The number of anilines is 1. The molecule has 4 aromatic rings. The summed E-state index contributed by atoms with van der Waals surface area (Å²) in [5.41, 5.74) is 3.51. The number of benzene rings is 2. The summed E-state index contributed by atoms with van der Waals surface area (Å²) in [5.74, 6) is -0.981. The molecule has 0 saturated heterocycles. The van der Waals surface area contributed by atoms with E-state index in [1.165, 1.54) is 35.6 Å². The van der Waals surface area contributed by atoms with E-state index in [4.69, 9.17) is 4.42 Å². The van der Waals surface area contributed by atoms with Crippen LogP contribution in [0.4, 0.5) is 5.00 Å². The number of rotatable bonds is 8. The van der Waals surface area contributed by atoms with Crippen LogP contribution < -0.4 is 10.6 Å². The molecule has 37 heavy (non-hydrogen) atoms. The third-order valence-corrected chi connectivity index (χ3v) is 9.17. The first-order valence-corrected chi connectivity index (χ1v) is 14.3. The molecule has 1 aliphatic rings. The van der Waals surface area contributed by atoms with Gasteiger partial charge in [0, 0.05) is 11.4 Å². The molecule has 2 N–H and O–H groups in total. The molecule has 5 rings (SSSR count). The van der Waals surface area contributed by atoms with E-state index < -0.39 is 15.7 Å². The number of thiophene rings is 1. The standard InChI is InChI=1S/C28H26N2O5S2/c1-18-10-12-20(13-11-18)37(33,34)24-15-14-22(35-24)26(31)30-28-25(21-8-5-9-23(21)36-28)27(32)29-17-16-19-6-3-2-4-7-19/h2-4,6-7,10-15H,5,8-9,16-17H2,1H3,(H,29,32)(H,30,31). The van der Waals surface area contributed by atoms with Crippen LogP contribution in [0.3, 0.4) is 0 Å². The predicted molar refractivity (Wildman–Crippen MR) is 142 cm³/mol. The van der Waals surface area contributed by atoms with Crippen molar-refractivity contribution in [2.24, 2.45) is 0 Å². The maximum atomic E-state index is 13.2. The first kappa shape index (κ1) is 25.0. The third kappa shape index (κ3) is 5.23. The van der Waals surface area contributed by atoms with Gasteiger partial charge in [0.05, 0.1) is 10.5 Å². The van der Waals surface area contributed by atoms with Crippen molar-refractivity contribution in [1.29, 1.82) is 0 Å². The van der Waals surface area contributed by atoms with Gasteiger partial charge in [-0.15, -0.1) is 11.3 Å². The molecule has 0 unspecified atom stereocenters. The van der Waals surface area contributed by atoms with E-state index in [2.05, 4.69) is 10.6 Å². The van der Waals surface area contributed by atoms with E-state index in [0.717, 1.165) is 40.8 Å². The lowest BCUT2D eigenvalue weighted by Crippen LogP contribution is -2.27. The summed E-state index contributed by atoms with van der Waals surface area (Å²) >= 11 is 1.39. The first-order chi connectivity index (χ1) is 17.8. The molecule has 2 heterocycles. The first-order valence-electron chi connectivity index (χ1n) is 12.0. The van der Waals surface area contributed by atoms with Crippen LogP contribution in [0.2, 0.25) is 0 Å². The van der Waals surface area contributed by atoms with Crippen molar-refractivity contribution in [3.8, 4) is 0 Å². The topological polar surface area (TPSA) is 105 Å². The van der Waals surface area contributed by atoms with Gasteiger partial charge in [0.2, 0.25) is 14.9 Å². The van der Waals surface area contributed by atoms with E-state index in [1.807, 2.05) is 37.3 Å². The lowest BCUT2D eigenvalue weighted by molar-refractivity contribution is 0.0954. The van der Waals surface area contributed by atoms with Crippen LogP contribution >= 0.6 is 11.3 Å². The van der Waals surface area contributed by atoms with Gasteiger partial charge in [-0.3, -0.25) is 9.59 Å². The Kier molecular flexibility index (Phi) is 6.99. The Bertz CT molecular complexity index is 1550. The van der Waals surface area contributed by atoms with Crippen molar-refractivity contribution in [3.05, 3.63) is 99.6 Å². The summed E-state index contributed by atoms with van der Waals surface area (Å²) in [6, 6.07) is 18.9. The third-order valence-electron chi connectivity index (χ3n) is 6.32. The molecule has 2 aromatic heterocycles. The average Bonchev–Trinajstić information content (AvgIpc) is 3.62. The van der Waals surface area contributed by atoms with Crippen LogP contribution in [0.15, 0.2) is 81.1 Å². The normalized spacial score (nSPS) is 12.8. The predicted octanol–water partition coefficient (Wildman–Crippen LogP) is 5.20. The quantitative estimate of drug-likeness (QED) is 0.323. The van der Waals surface area contributed by atoms with Crippen LogP contribution in [0.25, 0.3) is 0 Å². The van der Waals surface area contributed by atoms with Crippen LogP contribution in [0.5, 0.6) is 0 Å². The summed E-state index contributed by atoms with van der Waals surface area (Å²) < 4.78 is 31.3. The monoisotopic (exact) mass is 534 g/mol. The summed E-state index contributed by atoms with van der Waals surface area (Å²) in [6.45, 7) is 2.34. The smallest absolute Gasteiger partial charge is 0.292 e. The van der Waals surface area contributed by atoms with E-state index in [9.17, 15) is 18.0 Å². The second kappa shape index (κ2) is 10.4. The number of furan rings is 1. The number of aryl methyl sites for hydroxylation is 2. The molecule has 9 heteroatoms. The number of amides is 2. The molecule has 0 radical (unpaired) electrons. The van der Waals surface area contributed by atoms with E-state index in [-0.39, 0.29) is 21.7 Å². The summed E-state index contributed by atoms with van der Waals surface area (Å²) in [4.78, 5) is 27.3. The van der Waals surface area contributed by atoms with Crippen LogP contribution in [0, 0.1) is 6.92 Å². The molecule has 0 saturated carbocycles. The van der Waals surface area contributed by atoms with Crippen molar-refractivity contribution in [2.45, 2.75) is 42.6 Å². The lowest BCUT2D eigenvalue weighted by atomic mass is 10.1. The highest BCUT2D eigenvalue weighted by atomic mass is 32.2. The van der Waals surface area contributed by atoms with Crippen molar-refractivity contribution < 1.29 is 22.4 Å². The second-order valence-electron chi connectivity index (χ2n) is 8.94. The molecule has 2 aromatic carbocycles. The highest BCUT2D eigenvalue weighted by Crippen LogP contribution is 2.39. The number of carbonyl (C=O) groups excluding carboxylic acids is 2. The van der Waals surface area contributed by atoms with Crippen molar-refractivity contribution >= 4 is 38.0 Å². The zero-order valence-corrected chi connectivity index (χ0v) is 21.9. The van der Waals surface area contributed by atoms with Gasteiger partial charge < -0.3 is 15.1 Å². The Morgan fingerprint density at radius 2 is 1.70 bits per heavy atom. The minimum Gasteiger partial charge on any atom is -0.439 e. The number of sulfone groups is 1. The minimum atomic E-state index is -3.90. The molecule has 2 amide bonds. The Balaban J connectivity index is 1.32. The van der Waals surface area contributed by atoms with Gasteiger partial charge in [-0.05, 0) is 68.0 Å². The second-order valence-corrected chi connectivity index (χ2v) is 11.9. The highest BCUT2D eigenvalue weighted by molar-refractivity contribution is 7.91. The SMILES string of the molecule is Cc1ccc(S(=O)(=O)c2ccc(C(=O)Nc3sc4c(c3C(=O)NCCc3ccccc3)CCC4)o2)cc1. The zero-order chi connectivity index (χ0) is 26.0. The van der Waals surface area contributed by atoms with Crippen LogP contribution in [-0.2, 0) is 29.1 Å². The molecule has 0 bridgehead atoms. The minimum absolute atomic E-state index is 0.0866. The Morgan fingerprint density at radius 3 is 2.46 bits per heavy atom. The van der Waals surface area contributed by atoms with E-state index in [0.29, 0.717) is 23.5 Å². The highest BCUT2D eigenvalue weighted by Gasteiger charge is 2.29. The number of hydrogen-bond donors (Lipinski definition) is 2. The van der Waals surface area contributed by atoms with E-state index in [1.54, 1.807) is 12.1 Å². The fourth-order valence-corrected chi connectivity index (χ4v) is 6.83. The summed E-state index contributed by atoms with van der Waals surface area (Å²) in [5, 5.41) is 5.90. The van der Waals surface area contributed by atoms with Gasteiger partial charge in [0.1, 0.15) is 5.00 Å². The number of carbonyl (C=O) groups is 2. The van der Waals surface area contributed by atoms with Gasteiger partial charge in [-0.25, -0.2) is 8.42 Å². The van der Waals surface area contributed by atoms with Crippen molar-refractivity contribution in [2.75, 3.05) is 11.9 Å². The molecular formula is C28H26N2O5S2. The van der Waals surface area contributed by atoms with Gasteiger partial charge in [0.15, 0.2) is 5.76 Å². The van der Waals surface area contributed by atoms with Crippen LogP contribution in [0.1, 0.15) is 48.9 Å². The Hall–Kier alpha value is -3.69. The molecule has 190 valence electrons. The number of hydrogen-bond acceptors (Lipinski definition) is 6. The van der Waals surface area contributed by atoms with Gasteiger partial charge in [0.25, 0.3) is 11.8 Å². The maximum absolute atomic E-state index is 13.2. The number of fused-ring (bicyclic) bond motifs is 1. The molecular weight excluding hydrogens is 508 g/mol. The maximum Gasteiger partial charge on any atom is 0.292 e. The summed E-state index contributed by atoms with van der Waals surface area (Å²) in [7, 11) is -3.90. The van der Waals surface area contributed by atoms with Crippen LogP contribution in [-0.4, -0.2) is 26.8 Å². The molecule has 0 spiro atoms. The average molecular weight is 535 g/mol. The van der Waals surface area contributed by atoms with E-state index >= 15 is 0 Å². The van der Waals surface area contributed by atoms with Crippen molar-refractivity contribution in [1.82, 2.24) is 5.32 Å². The lowest BCUT2D eigenvalue weighted by Gasteiger charge is -2.09. The fourth-order valence-electron chi connectivity index (χ4n) is 4.37. The fraction of sp³-hybridized carbons (Fsp3) is 0.214.